The van der Waals surface area contributed by atoms with Gasteiger partial charge in [-0.15, -0.1) is 0 Å². The van der Waals surface area contributed by atoms with Crippen LogP contribution >= 0.6 is 24.0 Å². The number of unbranched alkanes of at least 4 members (excludes halogenated alkanes) is 1. The third-order valence-corrected chi connectivity index (χ3v) is 8.11. The molecule has 0 saturated carbocycles. The van der Waals surface area contributed by atoms with Crippen molar-refractivity contribution in [2.75, 3.05) is 30.4 Å². The molecule has 2 aromatic carbocycles. The van der Waals surface area contributed by atoms with Gasteiger partial charge in [-0.3, -0.25) is 24.2 Å². The fraction of sp³-hybridized carbons (Fsp3) is 0.357. The highest BCUT2D eigenvalue weighted by Crippen LogP contribution is 2.44. The number of para-hydroxylation sites is 1. The van der Waals surface area contributed by atoms with Gasteiger partial charge in [0.05, 0.1) is 23.3 Å². The predicted molar refractivity (Wildman–Crippen MR) is 153 cm³/mol. The summed E-state index contributed by atoms with van der Waals surface area (Å²) in [5.74, 6) is 0.0943. The third kappa shape index (κ3) is 5.72. The van der Waals surface area contributed by atoms with Gasteiger partial charge in [-0.1, -0.05) is 75.3 Å². The number of hydrogen-bond acceptors (Lipinski definition) is 6. The van der Waals surface area contributed by atoms with Gasteiger partial charge in [0.2, 0.25) is 5.91 Å². The first-order valence-electron chi connectivity index (χ1n) is 12.5. The number of rotatable bonds is 10. The Kier molecular flexibility index (Phi) is 8.66. The summed E-state index contributed by atoms with van der Waals surface area (Å²) in [4.78, 5) is 43.4. The van der Waals surface area contributed by atoms with Crippen LogP contribution in [-0.4, -0.2) is 47.1 Å². The average Bonchev–Trinajstić information content (AvgIpc) is 3.33. The fourth-order valence-corrected chi connectivity index (χ4v) is 5.90. The molecule has 0 aromatic heterocycles. The maximum absolute atomic E-state index is 13.6. The van der Waals surface area contributed by atoms with Gasteiger partial charge in [-0.05, 0) is 42.7 Å². The van der Waals surface area contributed by atoms with E-state index in [4.69, 9.17) is 17.0 Å². The molecule has 0 aliphatic carbocycles. The van der Waals surface area contributed by atoms with Crippen molar-refractivity contribution in [2.24, 2.45) is 5.92 Å². The molecule has 2 heterocycles. The molecule has 0 unspecified atom stereocenters. The van der Waals surface area contributed by atoms with Crippen LogP contribution < -0.4 is 15.0 Å². The highest BCUT2D eigenvalue weighted by Gasteiger charge is 2.42. The highest BCUT2D eigenvalue weighted by molar-refractivity contribution is 8.26. The first-order valence-corrected chi connectivity index (χ1v) is 13.7. The molecule has 2 aromatic rings. The van der Waals surface area contributed by atoms with Crippen LogP contribution in [0.5, 0.6) is 5.75 Å². The van der Waals surface area contributed by atoms with E-state index in [1.54, 1.807) is 42.3 Å². The molecular formula is C28H31N3O4S2. The summed E-state index contributed by atoms with van der Waals surface area (Å²) in [5.41, 5.74) is 2.16. The molecule has 9 heteroatoms. The van der Waals surface area contributed by atoms with Crippen LogP contribution in [0.1, 0.15) is 45.1 Å². The number of nitrogens with one attached hydrogen (secondary N) is 1. The van der Waals surface area contributed by atoms with E-state index in [2.05, 4.69) is 19.2 Å². The largest absolute Gasteiger partial charge is 0.497 e. The molecule has 1 N–H and O–H groups in total. The van der Waals surface area contributed by atoms with Gasteiger partial charge < -0.3 is 10.1 Å². The van der Waals surface area contributed by atoms with Crippen molar-refractivity contribution in [1.29, 1.82) is 0 Å². The molecule has 7 nitrogen and oxygen atoms in total. The number of carbonyl (C=O) groups is 3. The van der Waals surface area contributed by atoms with E-state index in [1.165, 1.54) is 16.7 Å². The molecule has 194 valence electrons. The summed E-state index contributed by atoms with van der Waals surface area (Å²) in [7, 11) is 1.57. The van der Waals surface area contributed by atoms with E-state index in [1.807, 2.05) is 18.2 Å². The Morgan fingerprint density at radius 3 is 2.46 bits per heavy atom. The van der Waals surface area contributed by atoms with Crippen molar-refractivity contribution >= 4 is 63.0 Å². The molecule has 1 saturated heterocycles. The molecular weight excluding hydrogens is 506 g/mol. The van der Waals surface area contributed by atoms with Gasteiger partial charge in [-0.25, -0.2) is 0 Å². The van der Waals surface area contributed by atoms with Crippen molar-refractivity contribution < 1.29 is 19.1 Å². The van der Waals surface area contributed by atoms with E-state index in [0.29, 0.717) is 49.9 Å². The minimum Gasteiger partial charge on any atom is -0.497 e. The van der Waals surface area contributed by atoms with Crippen LogP contribution in [0.15, 0.2) is 53.4 Å². The second-order valence-corrected chi connectivity index (χ2v) is 10.7. The Balaban J connectivity index is 1.57. The summed E-state index contributed by atoms with van der Waals surface area (Å²) in [6.45, 7) is 4.66. The number of carbonyl (C=O) groups excluding carboxylic acids is 3. The quantitative estimate of drug-likeness (QED) is 0.320. The minimum absolute atomic E-state index is 0.180. The van der Waals surface area contributed by atoms with E-state index < -0.39 is 0 Å². The Morgan fingerprint density at radius 1 is 1.05 bits per heavy atom. The van der Waals surface area contributed by atoms with Crippen LogP contribution in [-0.2, 0) is 14.4 Å². The monoisotopic (exact) mass is 537 g/mol. The first-order chi connectivity index (χ1) is 17.9. The maximum atomic E-state index is 13.6. The van der Waals surface area contributed by atoms with E-state index in [-0.39, 0.29) is 24.3 Å². The number of hydrogen-bond donors (Lipinski definition) is 1. The smallest absolute Gasteiger partial charge is 0.267 e. The summed E-state index contributed by atoms with van der Waals surface area (Å²) in [6, 6.07) is 14.2. The van der Waals surface area contributed by atoms with Gasteiger partial charge in [0.1, 0.15) is 16.6 Å². The number of methoxy groups -OCH3 is 1. The van der Waals surface area contributed by atoms with E-state index in [0.717, 1.165) is 25.7 Å². The number of nitrogens with zero attached hydrogens (tertiary/aromatic N) is 2. The lowest BCUT2D eigenvalue weighted by Crippen LogP contribution is -2.36. The van der Waals surface area contributed by atoms with Crippen molar-refractivity contribution in [2.45, 2.75) is 39.5 Å². The average molecular weight is 538 g/mol. The number of thioether (sulfide) groups is 1. The fourth-order valence-electron chi connectivity index (χ4n) is 4.56. The van der Waals surface area contributed by atoms with Crippen LogP contribution in [0, 0.1) is 5.92 Å². The van der Waals surface area contributed by atoms with Crippen LogP contribution in [0.3, 0.4) is 0 Å². The number of ether oxygens (including phenoxy) is 1. The van der Waals surface area contributed by atoms with Crippen molar-refractivity contribution in [3.05, 3.63) is 59.0 Å². The molecule has 2 aliphatic heterocycles. The van der Waals surface area contributed by atoms with Gasteiger partial charge in [-0.2, -0.15) is 0 Å². The zero-order chi connectivity index (χ0) is 26.5. The van der Waals surface area contributed by atoms with Crippen LogP contribution in [0.2, 0.25) is 0 Å². The van der Waals surface area contributed by atoms with E-state index >= 15 is 0 Å². The molecule has 0 spiro atoms. The van der Waals surface area contributed by atoms with Crippen LogP contribution in [0.25, 0.3) is 5.57 Å². The Morgan fingerprint density at radius 2 is 1.78 bits per heavy atom. The number of thiocarbonyl (C=S) groups is 1. The second-order valence-electron chi connectivity index (χ2n) is 9.09. The van der Waals surface area contributed by atoms with Crippen molar-refractivity contribution in [3.8, 4) is 5.75 Å². The first kappa shape index (κ1) is 26.9. The number of amides is 3. The number of anilines is 2. The summed E-state index contributed by atoms with van der Waals surface area (Å²) >= 11 is 6.75. The second kappa shape index (κ2) is 11.9. The number of benzene rings is 2. The van der Waals surface area contributed by atoms with Gasteiger partial charge in [0.15, 0.2) is 0 Å². The lowest BCUT2D eigenvalue weighted by atomic mass is 9.98. The Hall–Kier alpha value is -3.17. The lowest BCUT2D eigenvalue weighted by molar-refractivity contribution is -0.123. The molecule has 0 radical (unpaired) electrons. The van der Waals surface area contributed by atoms with Gasteiger partial charge >= 0.3 is 0 Å². The third-order valence-electron chi connectivity index (χ3n) is 6.66. The molecule has 1 atom stereocenters. The van der Waals surface area contributed by atoms with E-state index in [9.17, 15) is 14.4 Å². The minimum atomic E-state index is -0.371. The zero-order valence-corrected chi connectivity index (χ0v) is 22.9. The molecule has 3 amide bonds. The maximum Gasteiger partial charge on any atom is 0.267 e. The lowest BCUT2D eigenvalue weighted by Gasteiger charge is -2.21. The summed E-state index contributed by atoms with van der Waals surface area (Å²) in [6.07, 6.45) is 4.20. The zero-order valence-electron chi connectivity index (χ0n) is 21.3. The number of fused-ring (bicyclic) bond motifs is 1. The normalized spacial score (nSPS) is 17.9. The van der Waals surface area contributed by atoms with Crippen LogP contribution in [0.4, 0.5) is 11.4 Å². The molecule has 37 heavy (non-hydrogen) atoms. The molecule has 4 rings (SSSR count). The summed E-state index contributed by atoms with van der Waals surface area (Å²) in [5, 5.41) is 2.82. The van der Waals surface area contributed by atoms with Crippen molar-refractivity contribution in [1.82, 2.24) is 4.90 Å². The molecule has 1 fully saturated rings. The van der Waals surface area contributed by atoms with Gasteiger partial charge in [0, 0.05) is 17.8 Å². The molecule has 2 aliphatic rings. The summed E-state index contributed by atoms with van der Waals surface area (Å²) < 4.78 is 5.63. The standard InChI is InChI=1S/C28H31N3O4S2/c1-4-6-9-18(5-2)16-31-27(34)25(37-28(31)36)24-21-10-7-8-11-22(21)30(26(24)33)17-23(32)29-19-12-14-20(35-3)15-13-19/h7-8,10-15,18H,4-6,9,16-17H2,1-3H3,(H,29,32)/b25-24-/t18-/m0/s1. The topological polar surface area (TPSA) is 79.0 Å². The SMILES string of the molecule is CCCC[C@H](CC)CN1C(=O)/C(=C2/C(=O)N(CC(=O)Nc3ccc(OC)cc3)c3ccccc32)SC1=S. The molecule has 0 bridgehead atoms. The Bertz CT molecular complexity index is 1240. The predicted octanol–water partition coefficient (Wildman–Crippen LogP) is 5.47. The Labute approximate surface area is 227 Å². The van der Waals surface area contributed by atoms with Gasteiger partial charge in [0.25, 0.3) is 11.8 Å². The van der Waals surface area contributed by atoms with Crippen molar-refractivity contribution in [3.63, 3.8) is 0 Å². The highest BCUT2D eigenvalue weighted by atomic mass is 32.2.